The number of aryl methyl sites for hydroxylation is 2. The van der Waals surface area contributed by atoms with Gasteiger partial charge >= 0.3 is 0 Å². The highest BCUT2D eigenvalue weighted by atomic mass is 79.9. The summed E-state index contributed by atoms with van der Waals surface area (Å²) in [6.45, 7) is 7.53. The fourth-order valence-corrected chi connectivity index (χ4v) is 2.68. The predicted molar refractivity (Wildman–Crippen MR) is 78.4 cm³/mol. The summed E-state index contributed by atoms with van der Waals surface area (Å²) in [4.78, 5) is 0. The van der Waals surface area contributed by atoms with Crippen LogP contribution in [0.2, 0.25) is 0 Å². The van der Waals surface area contributed by atoms with Crippen LogP contribution in [0.1, 0.15) is 43.2 Å². The summed E-state index contributed by atoms with van der Waals surface area (Å²) in [5.41, 5.74) is 2.97. The zero-order valence-electron chi connectivity index (χ0n) is 11.3. The lowest BCUT2D eigenvalue weighted by Gasteiger charge is -2.04. The van der Waals surface area contributed by atoms with Crippen LogP contribution in [0.25, 0.3) is 0 Å². The SMILES string of the molecule is CCc1nn(CC)c(Cn2cc(C(C)Cl)nn2)c1Br. The Hall–Kier alpha value is -0.880. The van der Waals surface area contributed by atoms with Crippen LogP contribution < -0.4 is 0 Å². The van der Waals surface area contributed by atoms with Crippen molar-refractivity contribution >= 4 is 27.5 Å². The molecule has 0 bridgehead atoms. The summed E-state index contributed by atoms with van der Waals surface area (Å²) in [6, 6.07) is 0. The molecule has 2 aromatic rings. The average molecular weight is 347 g/mol. The third-order valence-electron chi connectivity index (χ3n) is 2.97. The molecule has 1 atom stereocenters. The van der Waals surface area contributed by atoms with Gasteiger partial charge in [0, 0.05) is 6.54 Å². The van der Waals surface area contributed by atoms with Crippen LogP contribution in [0.15, 0.2) is 10.7 Å². The first-order chi connectivity index (χ1) is 9.06. The van der Waals surface area contributed by atoms with Gasteiger partial charge in [0.2, 0.25) is 0 Å². The normalized spacial score (nSPS) is 12.9. The second kappa shape index (κ2) is 6.05. The molecule has 0 aromatic carbocycles. The number of halogens is 2. The molecule has 0 fully saturated rings. The van der Waals surface area contributed by atoms with Gasteiger partial charge in [-0.15, -0.1) is 16.7 Å². The third kappa shape index (κ3) is 3.00. The van der Waals surface area contributed by atoms with Crippen molar-refractivity contribution in [2.24, 2.45) is 0 Å². The summed E-state index contributed by atoms with van der Waals surface area (Å²) in [7, 11) is 0. The highest BCUT2D eigenvalue weighted by molar-refractivity contribution is 9.10. The highest BCUT2D eigenvalue weighted by Crippen LogP contribution is 2.23. The topological polar surface area (TPSA) is 48.5 Å². The van der Waals surface area contributed by atoms with E-state index in [1.807, 2.05) is 17.8 Å². The first kappa shape index (κ1) is 14.5. The number of hydrogen-bond donors (Lipinski definition) is 0. The van der Waals surface area contributed by atoms with Gasteiger partial charge in [0.15, 0.2) is 0 Å². The maximum atomic E-state index is 5.99. The molecule has 0 N–H and O–H groups in total. The minimum Gasteiger partial charge on any atom is -0.267 e. The molecule has 0 spiro atoms. The van der Waals surface area contributed by atoms with E-state index in [-0.39, 0.29) is 5.38 Å². The first-order valence-corrected chi connectivity index (χ1v) is 7.57. The molecule has 2 aromatic heterocycles. The van der Waals surface area contributed by atoms with E-state index in [1.165, 1.54) is 0 Å². The Kier molecular flexibility index (Phi) is 4.62. The minimum atomic E-state index is -0.125. The second-order valence-corrected chi connectivity index (χ2v) is 5.78. The maximum absolute atomic E-state index is 5.99. The van der Waals surface area contributed by atoms with Crippen molar-refractivity contribution < 1.29 is 0 Å². The molecule has 0 saturated heterocycles. The molecule has 2 heterocycles. The Balaban J connectivity index is 2.29. The minimum absolute atomic E-state index is 0.125. The lowest BCUT2D eigenvalue weighted by atomic mass is 10.3. The number of rotatable bonds is 5. The molecule has 5 nitrogen and oxygen atoms in total. The van der Waals surface area contributed by atoms with E-state index in [4.69, 9.17) is 11.6 Å². The molecule has 0 aliphatic carbocycles. The Morgan fingerprint density at radius 2 is 2.16 bits per heavy atom. The van der Waals surface area contributed by atoms with Gasteiger partial charge in [-0.05, 0) is 36.2 Å². The van der Waals surface area contributed by atoms with Crippen LogP contribution in [-0.2, 0) is 19.5 Å². The van der Waals surface area contributed by atoms with Gasteiger partial charge in [-0.2, -0.15) is 5.10 Å². The third-order valence-corrected chi connectivity index (χ3v) is 4.11. The van der Waals surface area contributed by atoms with Gasteiger partial charge in [-0.1, -0.05) is 12.1 Å². The van der Waals surface area contributed by atoms with E-state index < -0.39 is 0 Å². The van der Waals surface area contributed by atoms with Gasteiger partial charge in [-0.25, -0.2) is 4.68 Å². The van der Waals surface area contributed by atoms with Gasteiger partial charge < -0.3 is 0 Å². The summed E-state index contributed by atoms with van der Waals surface area (Å²) < 4.78 is 4.85. The van der Waals surface area contributed by atoms with E-state index in [1.54, 1.807) is 4.68 Å². The second-order valence-electron chi connectivity index (χ2n) is 4.33. The van der Waals surface area contributed by atoms with Gasteiger partial charge in [0.1, 0.15) is 5.69 Å². The Labute approximate surface area is 126 Å². The van der Waals surface area contributed by atoms with Gasteiger partial charge in [0.25, 0.3) is 0 Å². The number of hydrogen-bond acceptors (Lipinski definition) is 3. The van der Waals surface area contributed by atoms with Crippen molar-refractivity contribution in [3.8, 4) is 0 Å². The molecule has 0 radical (unpaired) electrons. The fraction of sp³-hybridized carbons (Fsp3) is 0.583. The van der Waals surface area contributed by atoms with Crippen LogP contribution in [-0.4, -0.2) is 24.8 Å². The molecule has 1 unspecified atom stereocenters. The molecule has 7 heteroatoms. The van der Waals surface area contributed by atoms with E-state index in [0.29, 0.717) is 6.54 Å². The zero-order chi connectivity index (χ0) is 14.0. The monoisotopic (exact) mass is 345 g/mol. The number of nitrogens with zero attached hydrogens (tertiary/aromatic N) is 5. The lowest BCUT2D eigenvalue weighted by molar-refractivity contribution is 0.562. The van der Waals surface area contributed by atoms with Crippen LogP contribution in [0.5, 0.6) is 0 Å². The Morgan fingerprint density at radius 1 is 1.42 bits per heavy atom. The molecule has 0 aliphatic heterocycles. The first-order valence-electron chi connectivity index (χ1n) is 6.34. The molecular formula is C12H17BrClN5. The van der Waals surface area contributed by atoms with Crippen molar-refractivity contribution in [1.82, 2.24) is 24.8 Å². The largest absolute Gasteiger partial charge is 0.267 e. The molecular weight excluding hydrogens is 330 g/mol. The Bertz CT molecular complexity index is 560. The highest BCUT2D eigenvalue weighted by Gasteiger charge is 2.15. The number of alkyl halides is 1. The summed E-state index contributed by atoms with van der Waals surface area (Å²) >= 11 is 9.62. The van der Waals surface area contributed by atoms with Crippen LogP contribution in [0, 0.1) is 0 Å². The van der Waals surface area contributed by atoms with Crippen LogP contribution >= 0.6 is 27.5 Å². The average Bonchev–Trinajstić information content (AvgIpc) is 2.96. The molecule has 2 rings (SSSR count). The van der Waals surface area contributed by atoms with Crippen LogP contribution in [0.4, 0.5) is 0 Å². The summed E-state index contributed by atoms with van der Waals surface area (Å²) in [5.74, 6) is 0. The lowest BCUT2D eigenvalue weighted by Crippen LogP contribution is -2.09. The molecule has 0 amide bonds. The standard InChI is InChI=1S/C12H17BrClN5/c1-4-9-12(13)11(19(5-2)16-9)7-18-6-10(8(3)14)15-17-18/h6,8H,4-5,7H2,1-3H3. The number of aromatic nitrogens is 5. The zero-order valence-corrected chi connectivity index (χ0v) is 13.6. The van der Waals surface area contributed by atoms with Crippen LogP contribution in [0.3, 0.4) is 0 Å². The Morgan fingerprint density at radius 3 is 2.68 bits per heavy atom. The maximum Gasteiger partial charge on any atom is 0.100 e. The summed E-state index contributed by atoms with van der Waals surface area (Å²) in [5, 5.41) is 12.6. The molecule has 0 saturated carbocycles. The van der Waals surface area contributed by atoms with Crippen molar-refractivity contribution in [2.75, 3.05) is 0 Å². The van der Waals surface area contributed by atoms with Crippen molar-refractivity contribution in [2.45, 2.75) is 45.7 Å². The van der Waals surface area contributed by atoms with Crippen molar-refractivity contribution in [3.05, 3.63) is 27.8 Å². The van der Waals surface area contributed by atoms with E-state index >= 15 is 0 Å². The fourth-order valence-electron chi connectivity index (χ4n) is 1.89. The van der Waals surface area contributed by atoms with Crippen molar-refractivity contribution in [3.63, 3.8) is 0 Å². The quantitative estimate of drug-likeness (QED) is 0.781. The predicted octanol–water partition coefficient (Wildman–Crippen LogP) is 3.17. The van der Waals surface area contributed by atoms with E-state index in [9.17, 15) is 0 Å². The molecule has 0 aliphatic rings. The van der Waals surface area contributed by atoms with E-state index in [2.05, 4.69) is 45.2 Å². The van der Waals surface area contributed by atoms with Crippen molar-refractivity contribution in [1.29, 1.82) is 0 Å². The molecule has 19 heavy (non-hydrogen) atoms. The smallest absolute Gasteiger partial charge is 0.100 e. The van der Waals surface area contributed by atoms with E-state index in [0.717, 1.165) is 34.5 Å². The summed E-state index contributed by atoms with van der Waals surface area (Å²) in [6.07, 6.45) is 2.78. The molecule has 104 valence electrons. The van der Waals surface area contributed by atoms with Gasteiger partial charge in [-0.3, -0.25) is 4.68 Å². The van der Waals surface area contributed by atoms with Gasteiger partial charge in [0.05, 0.1) is 34.0 Å².